The second-order valence-corrected chi connectivity index (χ2v) is 4.51. The van der Waals surface area contributed by atoms with Crippen LogP contribution in [-0.2, 0) is 13.1 Å². The highest BCUT2D eigenvalue weighted by Crippen LogP contribution is 2.17. The van der Waals surface area contributed by atoms with E-state index in [1.807, 2.05) is 30.6 Å². The van der Waals surface area contributed by atoms with Crippen molar-refractivity contribution in [2.75, 3.05) is 6.54 Å². The molecule has 19 heavy (non-hydrogen) atoms. The first-order valence-corrected chi connectivity index (χ1v) is 6.54. The van der Waals surface area contributed by atoms with Gasteiger partial charge in [-0.05, 0) is 24.7 Å². The van der Waals surface area contributed by atoms with Crippen LogP contribution in [0.15, 0.2) is 47.3 Å². The van der Waals surface area contributed by atoms with Gasteiger partial charge in [0.2, 0.25) is 0 Å². The average molecular weight is 255 g/mol. The number of fused-ring (bicyclic) bond motifs is 1. The summed E-state index contributed by atoms with van der Waals surface area (Å²) in [5.41, 5.74) is 3.36. The molecule has 1 aromatic carbocycles. The number of furan rings is 1. The Morgan fingerprint density at radius 3 is 3.05 bits per heavy atom. The van der Waals surface area contributed by atoms with E-state index >= 15 is 0 Å². The van der Waals surface area contributed by atoms with Gasteiger partial charge in [-0.3, -0.25) is 0 Å². The standard InChI is InChI=1S/C15H17N3O/c1-2-16-9-12-7-8-19-15(12)10-18-11-17-13-5-3-4-6-14(13)18/h3-8,11,16H,2,9-10H2,1H3. The molecule has 0 bridgehead atoms. The van der Waals surface area contributed by atoms with E-state index in [1.54, 1.807) is 6.26 Å². The molecule has 0 saturated heterocycles. The smallest absolute Gasteiger partial charge is 0.127 e. The van der Waals surface area contributed by atoms with Gasteiger partial charge >= 0.3 is 0 Å². The quantitative estimate of drug-likeness (QED) is 0.762. The van der Waals surface area contributed by atoms with Gasteiger partial charge in [-0.1, -0.05) is 19.1 Å². The van der Waals surface area contributed by atoms with Crippen LogP contribution < -0.4 is 5.32 Å². The summed E-state index contributed by atoms with van der Waals surface area (Å²) >= 11 is 0. The lowest BCUT2D eigenvalue weighted by molar-refractivity contribution is 0.489. The van der Waals surface area contributed by atoms with Gasteiger partial charge < -0.3 is 14.3 Å². The van der Waals surface area contributed by atoms with Crippen LogP contribution in [0, 0.1) is 0 Å². The normalized spacial score (nSPS) is 11.2. The van der Waals surface area contributed by atoms with Gasteiger partial charge in [0.05, 0.1) is 30.2 Å². The Balaban J connectivity index is 1.87. The fraction of sp³-hybridized carbons (Fsp3) is 0.267. The third-order valence-corrected chi connectivity index (χ3v) is 3.24. The molecule has 0 spiro atoms. The maximum Gasteiger partial charge on any atom is 0.127 e. The number of imidazole rings is 1. The van der Waals surface area contributed by atoms with Gasteiger partial charge in [-0.25, -0.2) is 4.98 Å². The highest BCUT2D eigenvalue weighted by molar-refractivity contribution is 5.75. The number of para-hydroxylation sites is 2. The summed E-state index contributed by atoms with van der Waals surface area (Å²) in [6, 6.07) is 10.2. The summed E-state index contributed by atoms with van der Waals surface area (Å²) in [5.74, 6) is 0.990. The van der Waals surface area contributed by atoms with E-state index in [9.17, 15) is 0 Å². The van der Waals surface area contributed by atoms with Crippen molar-refractivity contribution in [2.45, 2.75) is 20.0 Å². The summed E-state index contributed by atoms with van der Waals surface area (Å²) in [7, 11) is 0. The van der Waals surface area contributed by atoms with Crippen molar-refractivity contribution >= 4 is 11.0 Å². The molecule has 0 aliphatic carbocycles. The summed E-state index contributed by atoms with van der Waals surface area (Å²) in [6.07, 6.45) is 3.62. The Morgan fingerprint density at radius 1 is 1.26 bits per heavy atom. The van der Waals surface area contributed by atoms with Crippen molar-refractivity contribution in [1.29, 1.82) is 0 Å². The molecule has 4 heteroatoms. The molecule has 2 aromatic heterocycles. The molecule has 0 unspecified atom stereocenters. The first-order valence-electron chi connectivity index (χ1n) is 6.54. The number of aromatic nitrogens is 2. The van der Waals surface area contributed by atoms with Crippen LogP contribution in [-0.4, -0.2) is 16.1 Å². The molecule has 0 atom stereocenters. The fourth-order valence-corrected chi connectivity index (χ4v) is 2.21. The Kier molecular flexibility index (Phi) is 3.33. The molecular weight excluding hydrogens is 238 g/mol. The van der Waals surface area contributed by atoms with Gasteiger partial charge in [-0.2, -0.15) is 0 Å². The third-order valence-electron chi connectivity index (χ3n) is 3.24. The zero-order valence-electron chi connectivity index (χ0n) is 11.0. The van der Waals surface area contributed by atoms with Crippen LogP contribution >= 0.6 is 0 Å². The second kappa shape index (κ2) is 5.28. The van der Waals surface area contributed by atoms with E-state index in [2.05, 4.69) is 27.9 Å². The molecule has 3 aromatic rings. The minimum absolute atomic E-state index is 0.717. The first kappa shape index (κ1) is 12.0. The Morgan fingerprint density at radius 2 is 2.16 bits per heavy atom. The van der Waals surface area contributed by atoms with E-state index < -0.39 is 0 Å². The molecule has 2 heterocycles. The van der Waals surface area contributed by atoms with Crippen LogP contribution in [0.1, 0.15) is 18.2 Å². The number of rotatable bonds is 5. The molecule has 0 saturated carbocycles. The van der Waals surface area contributed by atoms with Crippen molar-refractivity contribution in [2.24, 2.45) is 0 Å². The molecule has 98 valence electrons. The SMILES string of the molecule is CCNCc1ccoc1Cn1cnc2ccccc21. The van der Waals surface area contributed by atoms with Gasteiger partial charge in [0.15, 0.2) is 0 Å². The predicted octanol–water partition coefficient (Wildman–Crippen LogP) is 2.79. The molecule has 0 fully saturated rings. The Hall–Kier alpha value is -2.07. The molecule has 0 aliphatic rings. The number of nitrogens with zero attached hydrogens (tertiary/aromatic N) is 2. The lowest BCUT2D eigenvalue weighted by Gasteiger charge is -2.05. The topological polar surface area (TPSA) is 43.0 Å². The van der Waals surface area contributed by atoms with Gasteiger partial charge in [0.25, 0.3) is 0 Å². The summed E-state index contributed by atoms with van der Waals surface area (Å²) in [5, 5.41) is 3.32. The molecule has 0 radical (unpaired) electrons. The molecule has 0 amide bonds. The molecular formula is C15H17N3O. The maximum atomic E-state index is 5.60. The van der Waals surface area contributed by atoms with Crippen LogP contribution in [0.5, 0.6) is 0 Å². The fourth-order valence-electron chi connectivity index (χ4n) is 2.21. The van der Waals surface area contributed by atoms with Crippen LogP contribution in [0.25, 0.3) is 11.0 Å². The third kappa shape index (κ3) is 2.39. The minimum atomic E-state index is 0.717. The Bertz CT molecular complexity index is 669. The van der Waals surface area contributed by atoms with E-state index in [-0.39, 0.29) is 0 Å². The van der Waals surface area contributed by atoms with Crippen LogP contribution in [0.3, 0.4) is 0 Å². The van der Waals surface area contributed by atoms with E-state index in [1.165, 1.54) is 5.56 Å². The molecule has 0 aliphatic heterocycles. The van der Waals surface area contributed by atoms with E-state index in [0.717, 1.165) is 29.9 Å². The van der Waals surface area contributed by atoms with Crippen LogP contribution in [0.2, 0.25) is 0 Å². The van der Waals surface area contributed by atoms with Gasteiger partial charge in [-0.15, -0.1) is 0 Å². The van der Waals surface area contributed by atoms with Gasteiger partial charge in [0, 0.05) is 12.1 Å². The zero-order chi connectivity index (χ0) is 13.1. The van der Waals surface area contributed by atoms with E-state index in [4.69, 9.17) is 4.42 Å². The molecule has 4 nitrogen and oxygen atoms in total. The largest absolute Gasteiger partial charge is 0.467 e. The number of nitrogens with one attached hydrogen (secondary N) is 1. The lowest BCUT2D eigenvalue weighted by atomic mass is 10.2. The van der Waals surface area contributed by atoms with Gasteiger partial charge in [0.1, 0.15) is 5.76 Å². The molecule has 1 N–H and O–H groups in total. The van der Waals surface area contributed by atoms with Crippen LogP contribution in [0.4, 0.5) is 0 Å². The van der Waals surface area contributed by atoms with Crippen molar-refractivity contribution in [3.8, 4) is 0 Å². The summed E-state index contributed by atoms with van der Waals surface area (Å²) < 4.78 is 7.71. The highest BCUT2D eigenvalue weighted by atomic mass is 16.3. The monoisotopic (exact) mass is 255 g/mol. The van der Waals surface area contributed by atoms with Crippen molar-refractivity contribution in [3.05, 3.63) is 54.2 Å². The predicted molar refractivity (Wildman–Crippen MR) is 74.9 cm³/mol. The molecule has 3 rings (SSSR count). The van der Waals surface area contributed by atoms with Crippen molar-refractivity contribution < 1.29 is 4.42 Å². The average Bonchev–Trinajstić information content (AvgIpc) is 3.05. The first-order chi connectivity index (χ1) is 9.38. The summed E-state index contributed by atoms with van der Waals surface area (Å²) in [4.78, 5) is 4.40. The van der Waals surface area contributed by atoms with Crippen molar-refractivity contribution in [3.63, 3.8) is 0 Å². The number of hydrogen-bond acceptors (Lipinski definition) is 3. The van der Waals surface area contributed by atoms with Crippen molar-refractivity contribution in [1.82, 2.24) is 14.9 Å². The lowest BCUT2D eigenvalue weighted by Crippen LogP contribution is -2.13. The maximum absolute atomic E-state index is 5.60. The zero-order valence-corrected chi connectivity index (χ0v) is 11.0. The second-order valence-electron chi connectivity index (χ2n) is 4.51. The van der Waals surface area contributed by atoms with E-state index in [0.29, 0.717) is 6.54 Å². The number of benzene rings is 1. The minimum Gasteiger partial charge on any atom is -0.467 e. The highest BCUT2D eigenvalue weighted by Gasteiger charge is 2.08. The Labute approximate surface area is 112 Å². The number of hydrogen-bond donors (Lipinski definition) is 1. The summed E-state index contributed by atoms with van der Waals surface area (Å²) in [6.45, 7) is 4.62.